The van der Waals surface area contributed by atoms with Gasteiger partial charge in [-0.2, -0.15) is 0 Å². The van der Waals surface area contributed by atoms with E-state index in [0.29, 0.717) is 10.8 Å². The van der Waals surface area contributed by atoms with Crippen LogP contribution in [0, 0.1) is 12.8 Å². The fourth-order valence-electron chi connectivity index (χ4n) is 2.74. The van der Waals surface area contributed by atoms with E-state index in [1.807, 2.05) is 51.1 Å². The lowest BCUT2D eigenvalue weighted by molar-refractivity contribution is -0.124. The summed E-state index contributed by atoms with van der Waals surface area (Å²) in [6.07, 6.45) is 0. The number of nitrogens with zero attached hydrogens (tertiary/aromatic N) is 1. The van der Waals surface area contributed by atoms with Gasteiger partial charge in [-0.25, -0.2) is 4.98 Å². The molecule has 0 saturated heterocycles. The van der Waals surface area contributed by atoms with Crippen molar-refractivity contribution in [3.05, 3.63) is 58.9 Å². The first-order chi connectivity index (χ1) is 12.4. The Hall–Kier alpha value is -2.53. The number of nitrogens with one attached hydrogen (secondary N) is 2. The van der Waals surface area contributed by atoms with Gasteiger partial charge in [0.15, 0.2) is 6.61 Å². The lowest BCUT2D eigenvalue weighted by Gasteiger charge is -2.20. The van der Waals surface area contributed by atoms with Gasteiger partial charge in [-0.1, -0.05) is 37.6 Å². The first-order valence-electron chi connectivity index (χ1n) is 8.57. The normalized spacial score (nSPS) is 12.3. The summed E-state index contributed by atoms with van der Waals surface area (Å²) in [6, 6.07) is 12.9. The summed E-state index contributed by atoms with van der Waals surface area (Å²) < 4.78 is 5.58. The molecule has 1 atom stereocenters. The number of para-hydroxylation sites is 2. The number of carbonyl (C=O) groups is 1. The molecule has 3 rings (SSSR count). The van der Waals surface area contributed by atoms with Crippen LogP contribution in [0.1, 0.15) is 31.3 Å². The third kappa shape index (κ3) is 4.17. The molecule has 0 bridgehead atoms. The largest absolute Gasteiger partial charge is 0.484 e. The molecule has 136 valence electrons. The maximum atomic E-state index is 12.4. The number of aromatic amines is 1. The van der Waals surface area contributed by atoms with E-state index in [4.69, 9.17) is 16.3 Å². The highest BCUT2D eigenvalue weighted by molar-refractivity contribution is 6.31. The number of H-pyrrole nitrogens is 1. The van der Waals surface area contributed by atoms with Crippen LogP contribution in [0.5, 0.6) is 5.75 Å². The van der Waals surface area contributed by atoms with Crippen LogP contribution in [-0.4, -0.2) is 22.5 Å². The highest BCUT2D eigenvalue weighted by Gasteiger charge is 2.22. The van der Waals surface area contributed by atoms with E-state index in [1.54, 1.807) is 12.1 Å². The number of rotatable bonds is 6. The van der Waals surface area contributed by atoms with Crippen molar-refractivity contribution in [1.29, 1.82) is 0 Å². The summed E-state index contributed by atoms with van der Waals surface area (Å²) >= 11 is 6.00. The second kappa shape index (κ2) is 7.79. The molecule has 5 nitrogen and oxygen atoms in total. The third-order valence-electron chi connectivity index (χ3n) is 4.18. The maximum Gasteiger partial charge on any atom is 0.258 e. The maximum absolute atomic E-state index is 12.4. The average Bonchev–Trinajstić information content (AvgIpc) is 3.04. The van der Waals surface area contributed by atoms with E-state index in [2.05, 4.69) is 15.3 Å². The standard InChI is InChI=1S/C20H22ClN3O2/c1-12(2)19(20-22-16-6-4-5-7-17(16)23-20)24-18(25)11-26-14-8-9-15(21)13(3)10-14/h4-10,12,19H,11H2,1-3H3,(H,22,23)(H,24,25). The topological polar surface area (TPSA) is 67.0 Å². The van der Waals surface area contributed by atoms with Crippen molar-refractivity contribution in [2.24, 2.45) is 5.92 Å². The van der Waals surface area contributed by atoms with Crippen LogP contribution in [0.25, 0.3) is 11.0 Å². The van der Waals surface area contributed by atoms with Crippen molar-refractivity contribution in [2.45, 2.75) is 26.8 Å². The van der Waals surface area contributed by atoms with Crippen molar-refractivity contribution in [3.8, 4) is 5.75 Å². The Morgan fingerprint density at radius 3 is 2.73 bits per heavy atom. The summed E-state index contributed by atoms with van der Waals surface area (Å²) in [5, 5.41) is 3.68. The van der Waals surface area contributed by atoms with E-state index >= 15 is 0 Å². The molecular weight excluding hydrogens is 350 g/mol. The van der Waals surface area contributed by atoms with Gasteiger partial charge in [0.2, 0.25) is 0 Å². The highest BCUT2D eigenvalue weighted by Crippen LogP contribution is 2.23. The minimum absolute atomic E-state index is 0.0650. The van der Waals surface area contributed by atoms with Crippen LogP contribution in [0.4, 0.5) is 0 Å². The van der Waals surface area contributed by atoms with E-state index in [1.165, 1.54) is 0 Å². The molecule has 0 aliphatic heterocycles. The average molecular weight is 372 g/mol. The molecule has 6 heteroatoms. The van der Waals surface area contributed by atoms with Crippen molar-refractivity contribution in [3.63, 3.8) is 0 Å². The molecule has 2 N–H and O–H groups in total. The molecule has 0 radical (unpaired) electrons. The number of halogens is 1. The summed E-state index contributed by atoms with van der Waals surface area (Å²) in [5.41, 5.74) is 2.75. The van der Waals surface area contributed by atoms with Gasteiger partial charge in [-0.3, -0.25) is 4.79 Å². The van der Waals surface area contributed by atoms with Gasteiger partial charge < -0.3 is 15.0 Å². The van der Waals surface area contributed by atoms with Crippen LogP contribution < -0.4 is 10.1 Å². The summed E-state index contributed by atoms with van der Waals surface area (Å²) in [5.74, 6) is 1.35. The Kier molecular flexibility index (Phi) is 5.47. The van der Waals surface area contributed by atoms with Crippen molar-refractivity contribution in [2.75, 3.05) is 6.61 Å². The minimum Gasteiger partial charge on any atom is -0.484 e. The van der Waals surface area contributed by atoms with Crippen molar-refractivity contribution in [1.82, 2.24) is 15.3 Å². The number of benzene rings is 2. The number of hydrogen-bond acceptors (Lipinski definition) is 3. The quantitative estimate of drug-likeness (QED) is 0.674. The van der Waals surface area contributed by atoms with Gasteiger partial charge in [0, 0.05) is 5.02 Å². The van der Waals surface area contributed by atoms with E-state index in [9.17, 15) is 4.79 Å². The minimum atomic E-state index is -0.217. The number of hydrogen-bond donors (Lipinski definition) is 2. The van der Waals surface area contributed by atoms with Crippen LogP contribution in [0.2, 0.25) is 5.02 Å². The van der Waals surface area contributed by atoms with Crippen LogP contribution >= 0.6 is 11.6 Å². The molecule has 1 unspecified atom stereocenters. The zero-order valence-electron chi connectivity index (χ0n) is 15.0. The van der Waals surface area contributed by atoms with Crippen LogP contribution in [0.15, 0.2) is 42.5 Å². The lowest BCUT2D eigenvalue weighted by atomic mass is 10.0. The molecule has 0 aliphatic rings. The van der Waals surface area contributed by atoms with Gasteiger partial charge in [0.1, 0.15) is 11.6 Å². The fraction of sp³-hybridized carbons (Fsp3) is 0.300. The summed E-state index contributed by atoms with van der Waals surface area (Å²) in [6.45, 7) is 5.92. The van der Waals surface area contributed by atoms with Gasteiger partial charge in [-0.05, 0) is 48.7 Å². The molecule has 1 amide bonds. The van der Waals surface area contributed by atoms with Crippen LogP contribution in [-0.2, 0) is 4.79 Å². The van der Waals surface area contributed by atoms with Crippen molar-refractivity contribution < 1.29 is 9.53 Å². The zero-order chi connectivity index (χ0) is 18.7. The number of fused-ring (bicyclic) bond motifs is 1. The number of ether oxygens (including phenoxy) is 1. The first-order valence-corrected chi connectivity index (χ1v) is 8.95. The second-order valence-electron chi connectivity index (χ2n) is 6.63. The fourth-order valence-corrected chi connectivity index (χ4v) is 2.86. The third-order valence-corrected chi connectivity index (χ3v) is 4.61. The molecule has 1 heterocycles. The van der Waals surface area contributed by atoms with E-state index in [-0.39, 0.29) is 24.5 Å². The molecule has 0 spiro atoms. The SMILES string of the molecule is Cc1cc(OCC(=O)NC(c2nc3ccccc3[nH]2)C(C)C)ccc1Cl. The number of carbonyl (C=O) groups excluding carboxylic acids is 1. The first kappa shape index (κ1) is 18.3. The Morgan fingerprint density at radius 2 is 2.04 bits per heavy atom. The molecule has 3 aromatic rings. The number of imidazole rings is 1. The lowest BCUT2D eigenvalue weighted by Crippen LogP contribution is -2.35. The van der Waals surface area contributed by atoms with E-state index < -0.39 is 0 Å². The van der Waals surface area contributed by atoms with Gasteiger partial charge >= 0.3 is 0 Å². The molecule has 1 aromatic heterocycles. The van der Waals surface area contributed by atoms with Gasteiger partial charge in [0.25, 0.3) is 5.91 Å². The Balaban J connectivity index is 1.67. The monoisotopic (exact) mass is 371 g/mol. The number of amides is 1. The second-order valence-corrected chi connectivity index (χ2v) is 7.04. The number of aryl methyl sites for hydroxylation is 1. The molecular formula is C20H22ClN3O2. The smallest absolute Gasteiger partial charge is 0.258 e. The number of aromatic nitrogens is 2. The predicted molar refractivity (Wildman–Crippen MR) is 103 cm³/mol. The predicted octanol–water partition coefficient (Wildman–Crippen LogP) is 4.42. The summed E-state index contributed by atoms with van der Waals surface area (Å²) in [4.78, 5) is 20.3. The molecule has 26 heavy (non-hydrogen) atoms. The van der Waals surface area contributed by atoms with E-state index in [0.717, 1.165) is 22.4 Å². The van der Waals surface area contributed by atoms with Crippen molar-refractivity contribution >= 4 is 28.5 Å². The Labute approximate surface area is 157 Å². The van der Waals surface area contributed by atoms with Gasteiger partial charge in [0.05, 0.1) is 17.1 Å². The Bertz CT molecular complexity index is 887. The highest BCUT2D eigenvalue weighted by atomic mass is 35.5. The van der Waals surface area contributed by atoms with Gasteiger partial charge in [-0.15, -0.1) is 0 Å². The summed E-state index contributed by atoms with van der Waals surface area (Å²) in [7, 11) is 0. The Morgan fingerprint density at radius 1 is 1.27 bits per heavy atom. The zero-order valence-corrected chi connectivity index (χ0v) is 15.8. The molecule has 0 fully saturated rings. The molecule has 0 aliphatic carbocycles. The molecule has 0 saturated carbocycles. The molecule has 2 aromatic carbocycles. The van der Waals surface area contributed by atoms with Crippen LogP contribution in [0.3, 0.4) is 0 Å².